The minimum Gasteiger partial charge on any atom is -0.335 e. The van der Waals surface area contributed by atoms with Gasteiger partial charge in [0, 0.05) is 37.7 Å². The first-order chi connectivity index (χ1) is 15.6. The van der Waals surface area contributed by atoms with E-state index in [-0.39, 0.29) is 47.1 Å². The third-order valence-electron chi connectivity index (χ3n) is 9.22. The number of carbonyl (C=O) groups excluding carboxylic acids is 2. The van der Waals surface area contributed by atoms with Crippen molar-refractivity contribution in [2.45, 2.75) is 114 Å². The van der Waals surface area contributed by atoms with Crippen LogP contribution in [0.2, 0.25) is 0 Å². The highest BCUT2D eigenvalue weighted by Gasteiger charge is 2.48. The molecule has 3 aliphatic carbocycles. The van der Waals surface area contributed by atoms with Crippen LogP contribution >= 0.6 is 0 Å². The van der Waals surface area contributed by atoms with Crippen LogP contribution in [0.4, 0.5) is 0 Å². The van der Waals surface area contributed by atoms with Gasteiger partial charge in [-0.25, -0.2) is 8.42 Å². The summed E-state index contributed by atoms with van der Waals surface area (Å²) in [5, 5.41) is -0.192. The van der Waals surface area contributed by atoms with Gasteiger partial charge in [-0.3, -0.25) is 9.59 Å². The largest absolute Gasteiger partial charge is 0.335 e. The van der Waals surface area contributed by atoms with Gasteiger partial charge in [-0.15, -0.1) is 0 Å². The Balaban J connectivity index is 1.50. The van der Waals surface area contributed by atoms with Gasteiger partial charge in [0.05, 0.1) is 17.3 Å². The number of rotatable bonds is 3. The van der Waals surface area contributed by atoms with Gasteiger partial charge in [-0.05, 0) is 83.0 Å². The normalized spacial score (nSPS) is 40.2. The molecule has 33 heavy (non-hydrogen) atoms. The molecule has 4 aliphatic rings. The maximum absolute atomic E-state index is 13.7. The van der Waals surface area contributed by atoms with Crippen LogP contribution in [0, 0.1) is 17.8 Å². The molecule has 3 saturated carbocycles. The van der Waals surface area contributed by atoms with E-state index in [0.29, 0.717) is 18.4 Å². The molecule has 1 saturated heterocycles. The second-order valence-corrected chi connectivity index (χ2v) is 13.8. The quantitative estimate of drug-likeness (QED) is 0.668. The molecular formula is C25H43N3O4S. The lowest BCUT2D eigenvalue weighted by atomic mass is 9.69. The molecule has 1 heterocycles. The third kappa shape index (κ3) is 5.26. The monoisotopic (exact) mass is 481 g/mol. The summed E-state index contributed by atoms with van der Waals surface area (Å²) in [5.74, 6) is 1.39. The average molecular weight is 482 g/mol. The van der Waals surface area contributed by atoms with E-state index in [1.54, 1.807) is 6.92 Å². The van der Waals surface area contributed by atoms with Gasteiger partial charge in [-0.2, -0.15) is 0 Å². The van der Waals surface area contributed by atoms with E-state index < -0.39 is 9.84 Å². The molecule has 0 bridgehead atoms. The number of nitrogens with two attached hydrogens (primary N) is 1. The Hall–Kier alpha value is -1.15. The van der Waals surface area contributed by atoms with E-state index in [0.717, 1.165) is 70.6 Å². The van der Waals surface area contributed by atoms with E-state index in [9.17, 15) is 18.0 Å². The van der Waals surface area contributed by atoms with Crippen LogP contribution in [-0.2, 0) is 19.4 Å². The van der Waals surface area contributed by atoms with Crippen molar-refractivity contribution < 1.29 is 18.0 Å². The number of hydrogen-bond donors (Lipinski definition) is 1. The summed E-state index contributed by atoms with van der Waals surface area (Å²) < 4.78 is 24.0. The first-order valence-electron chi connectivity index (χ1n) is 13.1. The Morgan fingerprint density at radius 2 is 1.55 bits per heavy atom. The molecule has 0 aromatic rings. The minimum absolute atomic E-state index is 0.0102. The lowest BCUT2D eigenvalue weighted by Crippen LogP contribution is -2.67. The topological polar surface area (TPSA) is 101 Å². The fourth-order valence-corrected chi connectivity index (χ4v) is 8.69. The van der Waals surface area contributed by atoms with Gasteiger partial charge in [0.15, 0.2) is 0 Å². The lowest BCUT2D eigenvalue weighted by molar-refractivity contribution is -0.158. The molecule has 8 heteroatoms. The number of carbonyl (C=O) groups is 2. The van der Waals surface area contributed by atoms with Crippen LogP contribution in [0.1, 0.15) is 84.5 Å². The number of sulfone groups is 1. The number of hydrogen-bond acceptors (Lipinski definition) is 5. The maximum atomic E-state index is 13.7. The van der Waals surface area contributed by atoms with Crippen LogP contribution < -0.4 is 5.73 Å². The van der Waals surface area contributed by atoms with E-state index in [1.807, 2.05) is 4.90 Å². The van der Waals surface area contributed by atoms with Crippen LogP contribution in [0.3, 0.4) is 0 Å². The van der Waals surface area contributed by atoms with Gasteiger partial charge in [0.2, 0.25) is 11.8 Å². The van der Waals surface area contributed by atoms with Crippen molar-refractivity contribution >= 4 is 21.7 Å². The molecule has 0 radical (unpaired) electrons. The van der Waals surface area contributed by atoms with Crippen LogP contribution in [0.5, 0.6) is 0 Å². The summed E-state index contributed by atoms with van der Waals surface area (Å²) in [7, 11) is -2.97. The number of fused-ring (bicyclic) bond motifs is 1. The van der Waals surface area contributed by atoms with Gasteiger partial charge in [0.1, 0.15) is 9.84 Å². The molecule has 7 nitrogen and oxygen atoms in total. The second kappa shape index (κ2) is 9.84. The van der Waals surface area contributed by atoms with Crippen LogP contribution in [0.15, 0.2) is 0 Å². The highest BCUT2D eigenvalue weighted by atomic mass is 32.2. The zero-order valence-corrected chi connectivity index (χ0v) is 21.4. The highest BCUT2D eigenvalue weighted by Crippen LogP contribution is 2.44. The predicted molar refractivity (Wildman–Crippen MR) is 129 cm³/mol. The molecule has 188 valence electrons. The molecule has 2 amide bonds. The maximum Gasteiger partial charge on any atom is 0.226 e. The summed E-state index contributed by atoms with van der Waals surface area (Å²) >= 11 is 0. The highest BCUT2D eigenvalue weighted by molar-refractivity contribution is 7.91. The van der Waals surface area contributed by atoms with E-state index in [1.165, 1.54) is 6.26 Å². The van der Waals surface area contributed by atoms with Crippen molar-refractivity contribution in [3.8, 4) is 0 Å². The van der Waals surface area contributed by atoms with Crippen molar-refractivity contribution in [3.63, 3.8) is 0 Å². The zero-order valence-electron chi connectivity index (χ0n) is 20.6. The first-order valence-corrected chi connectivity index (χ1v) is 15.1. The SMILES string of the molecule is CC(=O)N1C2CCC(C3CCC(S(C)(=O)=O)CC3)CC2N(C(=O)C2CCCC(N)C2)C[C@@H]1C. The Morgan fingerprint density at radius 3 is 2.15 bits per heavy atom. The van der Waals surface area contributed by atoms with Gasteiger partial charge >= 0.3 is 0 Å². The third-order valence-corrected chi connectivity index (χ3v) is 10.9. The second-order valence-electron chi connectivity index (χ2n) is 11.5. The summed E-state index contributed by atoms with van der Waals surface area (Å²) in [4.78, 5) is 30.4. The molecule has 5 unspecified atom stereocenters. The van der Waals surface area contributed by atoms with Gasteiger partial charge in [0.25, 0.3) is 0 Å². The zero-order chi connectivity index (χ0) is 23.9. The molecule has 0 aromatic carbocycles. The average Bonchev–Trinajstić information content (AvgIpc) is 2.77. The summed E-state index contributed by atoms with van der Waals surface area (Å²) in [5.41, 5.74) is 6.21. The van der Waals surface area contributed by atoms with Gasteiger partial charge in [-0.1, -0.05) is 6.42 Å². The first kappa shape index (κ1) is 25.0. The molecular weight excluding hydrogens is 438 g/mol. The Bertz CT molecular complexity index is 839. The molecule has 4 rings (SSSR count). The number of piperazine rings is 1. The minimum atomic E-state index is -2.97. The van der Waals surface area contributed by atoms with Crippen molar-refractivity contribution in [2.24, 2.45) is 23.5 Å². The van der Waals surface area contributed by atoms with Crippen LogP contribution in [-0.4, -0.2) is 72.2 Å². The van der Waals surface area contributed by atoms with E-state index in [2.05, 4.69) is 11.8 Å². The van der Waals surface area contributed by atoms with E-state index >= 15 is 0 Å². The Labute approximate surface area is 199 Å². The number of nitrogens with zero attached hydrogens (tertiary/aromatic N) is 2. The molecule has 1 aliphatic heterocycles. The Morgan fingerprint density at radius 1 is 0.879 bits per heavy atom. The number of amides is 2. The van der Waals surface area contributed by atoms with E-state index in [4.69, 9.17) is 5.73 Å². The van der Waals surface area contributed by atoms with Crippen molar-refractivity contribution in [3.05, 3.63) is 0 Å². The standard InChI is InChI=1S/C25H43N3O4S/c1-16-15-27(25(30)20-5-4-6-21(26)13-20)24-14-19(9-12-23(24)28(16)17(2)29)18-7-10-22(11-8-18)33(3,31)32/h16,18-24H,4-15,26H2,1-3H3/t16-,18?,19?,20?,21?,22?,23?,24?/m0/s1. The van der Waals surface area contributed by atoms with Crippen molar-refractivity contribution in [1.82, 2.24) is 9.80 Å². The summed E-state index contributed by atoms with van der Waals surface area (Å²) in [6.45, 7) is 4.34. The van der Waals surface area contributed by atoms with Crippen molar-refractivity contribution in [1.29, 1.82) is 0 Å². The van der Waals surface area contributed by atoms with Crippen molar-refractivity contribution in [2.75, 3.05) is 12.8 Å². The smallest absolute Gasteiger partial charge is 0.226 e. The fourth-order valence-electron chi connectivity index (χ4n) is 7.56. The lowest BCUT2D eigenvalue weighted by Gasteiger charge is -2.55. The summed E-state index contributed by atoms with van der Waals surface area (Å²) in [6.07, 6.45) is 11.4. The molecule has 4 fully saturated rings. The fraction of sp³-hybridized carbons (Fsp3) is 0.920. The summed E-state index contributed by atoms with van der Waals surface area (Å²) in [6, 6.07) is 0.313. The Kier molecular flexibility index (Phi) is 7.44. The molecule has 0 aromatic heterocycles. The molecule has 6 atom stereocenters. The molecule has 2 N–H and O–H groups in total. The van der Waals surface area contributed by atoms with Gasteiger partial charge < -0.3 is 15.5 Å². The molecule has 0 spiro atoms. The van der Waals surface area contributed by atoms with Crippen LogP contribution in [0.25, 0.3) is 0 Å². The predicted octanol–water partition coefficient (Wildman–Crippen LogP) is 2.72.